The first-order valence-electron chi connectivity index (χ1n) is 3.11. The molecule has 1 rings (SSSR count). The van der Waals surface area contributed by atoms with Crippen LogP contribution in [0.25, 0.3) is 0 Å². The normalized spacial score (nSPS) is 17.9. The minimum Gasteiger partial charge on any atom is -0.423 e. The standard InChI is InChI=1S/C6H8BBrO2/c8-6-3-1-5(2-4-6)7(9)10/h1,3,9-10H,2,4H2. The second-order valence-corrected chi connectivity index (χ2v) is 3.25. The monoisotopic (exact) mass is 202 g/mol. The molecular formula is C6H8BBrO2. The Labute approximate surface area is 68.5 Å². The maximum Gasteiger partial charge on any atom is 0.484 e. The largest absolute Gasteiger partial charge is 0.484 e. The lowest BCUT2D eigenvalue weighted by molar-refractivity contribution is 0.416. The summed E-state index contributed by atoms with van der Waals surface area (Å²) in [4.78, 5) is 0. The molecule has 0 unspecified atom stereocenters. The lowest BCUT2D eigenvalue weighted by Crippen LogP contribution is -2.16. The number of halogens is 1. The van der Waals surface area contributed by atoms with E-state index in [2.05, 4.69) is 15.9 Å². The fraction of sp³-hybridized carbons (Fsp3) is 0.333. The molecule has 4 heteroatoms. The highest BCUT2D eigenvalue weighted by atomic mass is 79.9. The Morgan fingerprint density at radius 3 is 2.40 bits per heavy atom. The van der Waals surface area contributed by atoms with Gasteiger partial charge >= 0.3 is 7.12 Å². The van der Waals surface area contributed by atoms with Gasteiger partial charge in [-0.15, -0.1) is 0 Å². The molecule has 0 spiro atoms. The predicted molar refractivity (Wildman–Crippen MR) is 44.5 cm³/mol. The van der Waals surface area contributed by atoms with Gasteiger partial charge in [0.2, 0.25) is 0 Å². The molecule has 0 aromatic heterocycles. The summed E-state index contributed by atoms with van der Waals surface area (Å²) < 4.78 is 1.11. The van der Waals surface area contributed by atoms with Crippen LogP contribution in [0.4, 0.5) is 0 Å². The minimum atomic E-state index is -1.28. The Morgan fingerprint density at radius 1 is 1.30 bits per heavy atom. The Balaban J connectivity index is 2.64. The van der Waals surface area contributed by atoms with Crippen LogP contribution in [0.1, 0.15) is 12.8 Å². The van der Waals surface area contributed by atoms with Gasteiger partial charge in [0.05, 0.1) is 0 Å². The average molecular weight is 203 g/mol. The average Bonchev–Trinajstić information content (AvgIpc) is 1.88. The predicted octanol–water partition coefficient (Wildman–Crippen LogP) is 0.997. The molecule has 0 bridgehead atoms. The van der Waals surface area contributed by atoms with Gasteiger partial charge in [0.1, 0.15) is 0 Å². The molecule has 0 aliphatic heterocycles. The molecule has 1 aliphatic rings. The van der Waals surface area contributed by atoms with Crippen molar-refractivity contribution in [2.24, 2.45) is 0 Å². The summed E-state index contributed by atoms with van der Waals surface area (Å²) in [5, 5.41) is 17.4. The van der Waals surface area contributed by atoms with Crippen molar-refractivity contribution in [3.63, 3.8) is 0 Å². The van der Waals surface area contributed by atoms with E-state index in [0.29, 0.717) is 5.47 Å². The molecule has 0 aromatic carbocycles. The van der Waals surface area contributed by atoms with Gasteiger partial charge in [-0.05, 0) is 22.8 Å². The molecule has 0 amide bonds. The van der Waals surface area contributed by atoms with Crippen LogP contribution >= 0.6 is 15.9 Å². The van der Waals surface area contributed by atoms with E-state index in [9.17, 15) is 0 Å². The Morgan fingerprint density at radius 2 is 2.00 bits per heavy atom. The van der Waals surface area contributed by atoms with Crippen LogP contribution in [0, 0.1) is 0 Å². The van der Waals surface area contributed by atoms with E-state index in [4.69, 9.17) is 10.0 Å². The van der Waals surface area contributed by atoms with Gasteiger partial charge in [0.25, 0.3) is 0 Å². The molecule has 0 aromatic rings. The van der Waals surface area contributed by atoms with Crippen molar-refractivity contribution in [1.29, 1.82) is 0 Å². The molecule has 2 N–H and O–H groups in total. The van der Waals surface area contributed by atoms with Crippen molar-refractivity contribution in [2.75, 3.05) is 0 Å². The van der Waals surface area contributed by atoms with E-state index in [1.165, 1.54) is 0 Å². The second kappa shape index (κ2) is 3.37. The number of hydrogen-bond donors (Lipinski definition) is 2. The molecular weight excluding hydrogens is 195 g/mol. The topological polar surface area (TPSA) is 40.5 Å². The molecule has 0 saturated carbocycles. The van der Waals surface area contributed by atoms with E-state index in [1.807, 2.05) is 6.08 Å². The Hall–Kier alpha value is -0.0551. The van der Waals surface area contributed by atoms with Gasteiger partial charge in [-0.2, -0.15) is 0 Å². The molecule has 0 saturated heterocycles. The first kappa shape index (κ1) is 8.05. The molecule has 10 heavy (non-hydrogen) atoms. The van der Waals surface area contributed by atoms with Crippen LogP contribution in [-0.4, -0.2) is 17.2 Å². The molecule has 0 radical (unpaired) electrons. The highest BCUT2D eigenvalue weighted by Gasteiger charge is 2.15. The summed E-state index contributed by atoms with van der Waals surface area (Å²) >= 11 is 3.32. The van der Waals surface area contributed by atoms with Gasteiger partial charge < -0.3 is 10.0 Å². The highest BCUT2D eigenvalue weighted by molar-refractivity contribution is 9.11. The van der Waals surface area contributed by atoms with Crippen LogP contribution < -0.4 is 0 Å². The molecule has 54 valence electrons. The summed E-state index contributed by atoms with van der Waals surface area (Å²) in [6.07, 6.45) is 5.18. The zero-order valence-electron chi connectivity index (χ0n) is 5.42. The third-order valence-electron chi connectivity index (χ3n) is 1.46. The molecule has 0 atom stereocenters. The number of allylic oxidation sites excluding steroid dienone is 4. The lowest BCUT2D eigenvalue weighted by atomic mass is 9.75. The van der Waals surface area contributed by atoms with E-state index >= 15 is 0 Å². The van der Waals surface area contributed by atoms with Gasteiger partial charge in [0.15, 0.2) is 0 Å². The van der Waals surface area contributed by atoms with Gasteiger partial charge in [-0.25, -0.2) is 0 Å². The Kier molecular flexibility index (Phi) is 2.71. The second-order valence-electron chi connectivity index (χ2n) is 2.23. The summed E-state index contributed by atoms with van der Waals surface area (Å²) in [5.41, 5.74) is 0.684. The smallest absolute Gasteiger partial charge is 0.423 e. The van der Waals surface area contributed by atoms with Crippen LogP contribution in [-0.2, 0) is 0 Å². The minimum absolute atomic E-state index is 0.684. The van der Waals surface area contributed by atoms with E-state index in [1.54, 1.807) is 6.08 Å². The maximum absolute atomic E-state index is 8.71. The van der Waals surface area contributed by atoms with Crippen LogP contribution in [0.15, 0.2) is 22.1 Å². The molecule has 2 nitrogen and oxygen atoms in total. The van der Waals surface area contributed by atoms with Crippen molar-refractivity contribution in [2.45, 2.75) is 12.8 Å². The fourth-order valence-corrected chi connectivity index (χ4v) is 1.17. The van der Waals surface area contributed by atoms with E-state index in [-0.39, 0.29) is 0 Å². The van der Waals surface area contributed by atoms with Crippen molar-refractivity contribution >= 4 is 23.0 Å². The third kappa shape index (κ3) is 1.97. The maximum atomic E-state index is 8.71. The van der Waals surface area contributed by atoms with Crippen molar-refractivity contribution < 1.29 is 10.0 Å². The van der Waals surface area contributed by atoms with Crippen molar-refractivity contribution in [3.05, 3.63) is 22.1 Å². The SMILES string of the molecule is OB(O)C1=CC=C(Br)CC1. The van der Waals surface area contributed by atoms with Crippen LogP contribution in [0.2, 0.25) is 0 Å². The van der Waals surface area contributed by atoms with Gasteiger partial charge in [0, 0.05) is 0 Å². The number of hydrogen-bond acceptors (Lipinski definition) is 2. The first-order valence-corrected chi connectivity index (χ1v) is 3.90. The van der Waals surface area contributed by atoms with Crippen LogP contribution in [0.5, 0.6) is 0 Å². The number of rotatable bonds is 1. The van der Waals surface area contributed by atoms with Gasteiger partial charge in [-0.1, -0.05) is 28.1 Å². The Bertz CT molecular complexity index is 186. The van der Waals surface area contributed by atoms with Crippen molar-refractivity contribution in [1.82, 2.24) is 0 Å². The highest BCUT2D eigenvalue weighted by Crippen LogP contribution is 2.22. The summed E-state index contributed by atoms with van der Waals surface area (Å²) in [6, 6.07) is 0. The summed E-state index contributed by atoms with van der Waals surface area (Å²) in [5.74, 6) is 0. The van der Waals surface area contributed by atoms with Gasteiger partial charge in [-0.3, -0.25) is 0 Å². The van der Waals surface area contributed by atoms with E-state index < -0.39 is 7.12 Å². The zero-order valence-corrected chi connectivity index (χ0v) is 7.00. The first-order chi connectivity index (χ1) is 4.70. The van der Waals surface area contributed by atoms with Crippen LogP contribution in [0.3, 0.4) is 0 Å². The quantitative estimate of drug-likeness (QED) is 0.623. The van der Waals surface area contributed by atoms with Crippen molar-refractivity contribution in [3.8, 4) is 0 Å². The zero-order chi connectivity index (χ0) is 7.56. The third-order valence-corrected chi connectivity index (χ3v) is 2.12. The summed E-state index contributed by atoms with van der Waals surface area (Å²) in [6.45, 7) is 0. The molecule has 1 aliphatic carbocycles. The molecule has 0 heterocycles. The fourth-order valence-electron chi connectivity index (χ4n) is 0.843. The van der Waals surface area contributed by atoms with E-state index in [0.717, 1.165) is 17.3 Å². The molecule has 0 fully saturated rings. The lowest BCUT2D eigenvalue weighted by Gasteiger charge is -2.08. The summed E-state index contributed by atoms with van der Waals surface area (Å²) in [7, 11) is -1.28.